The van der Waals surface area contributed by atoms with E-state index in [2.05, 4.69) is 17.4 Å². The predicted molar refractivity (Wildman–Crippen MR) is 106 cm³/mol. The molecule has 1 aliphatic carbocycles. The first-order valence-electron chi connectivity index (χ1n) is 9.33. The lowest BCUT2D eigenvalue weighted by atomic mass is 9.73. The lowest BCUT2D eigenvalue weighted by Gasteiger charge is -2.32. The minimum atomic E-state index is -0.302. The smallest absolute Gasteiger partial charge is 0.144 e. The van der Waals surface area contributed by atoms with Crippen LogP contribution in [0.2, 0.25) is 0 Å². The first-order chi connectivity index (χ1) is 13.3. The van der Waals surface area contributed by atoms with E-state index in [1.165, 1.54) is 5.56 Å². The number of ketones is 1. The van der Waals surface area contributed by atoms with E-state index < -0.39 is 0 Å². The van der Waals surface area contributed by atoms with Gasteiger partial charge in [-0.25, -0.2) is 0 Å². The van der Waals surface area contributed by atoms with Gasteiger partial charge in [-0.1, -0.05) is 42.5 Å². The summed E-state index contributed by atoms with van der Waals surface area (Å²) in [6.45, 7) is 0. The monoisotopic (exact) mass is 356 g/mol. The van der Waals surface area contributed by atoms with Crippen LogP contribution in [0.1, 0.15) is 36.1 Å². The predicted octanol–water partition coefficient (Wildman–Crippen LogP) is 5.28. The van der Waals surface area contributed by atoms with Gasteiger partial charge in [0.25, 0.3) is 0 Å². The number of para-hydroxylation sites is 2. The molecule has 1 aliphatic heterocycles. The molecule has 27 heavy (non-hydrogen) atoms. The highest BCUT2D eigenvalue weighted by atomic mass is 16.3. The summed E-state index contributed by atoms with van der Waals surface area (Å²) in [7, 11) is 0. The van der Waals surface area contributed by atoms with E-state index in [4.69, 9.17) is 9.41 Å². The summed E-state index contributed by atoms with van der Waals surface area (Å²) < 4.78 is 5.68. The molecule has 1 N–H and O–H groups in total. The Kier molecular flexibility index (Phi) is 3.89. The fourth-order valence-electron chi connectivity index (χ4n) is 4.26. The largest absolute Gasteiger partial charge is 0.467 e. The highest BCUT2D eigenvalue weighted by Gasteiger charge is 2.42. The normalized spacial score (nSPS) is 24.2. The summed E-state index contributed by atoms with van der Waals surface area (Å²) in [5, 5.41) is 3.52. The van der Waals surface area contributed by atoms with Gasteiger partial charge in [0.05, 0.1) is 29.6 Å². The lowest BCUT2D eigenvalue weighted by molar-refractivity contribution is -0.122. The van der Waals surface area contributed by atoms with Crippen LogP contribution in [-0.4, -0.2) is 11.5 Å². The molecule has 4 nitrogen and oxygen atoms in total. The van der Waals surface area contributed by atoms with Gasteiger partial charge in [0.15, 0.2) is 0 Å². The fraction of sp³-hybridized carbons (Fsp3) is 0.217. The van der Waals surface area contributed by atoms with Crippen molar-refractivity contribution >= 4 is 22.9 Å². The number of carbonyl (C=O) groups excluding carboxylic acids is 1. The fourth-order valence-corrected chi connectivity index (χ4v) is 4.26. The van der Waals surface area contributed by atoms with Crippen LogP contribution in [0.3, 0.4) is 0 Å². The number of furan rings is 1. The lowest BCUT2D eigenvalue weighted by Crippen LogP contribution is -2.38. The third-order valence-corrected chi connectivity index (χ3v) is 5.54. The van der Waals surface area contributed by atoms with E-state index in [0.717, 1.165) is 29.3 Å². The van der Waals surface area contributed by atoms with Crippen molar-refractivity contribution in [3.63, 3.8) is 0 Å². The van der Waals surface area contributed by atoms with Gasteiger partial charge in [-0.2, -0.15) is 0 Å². The molecule has 4 heteroatoms. The van der Waals surface area contributed by atoms with Gasteiger partial charge in [-0.3, -0.25) is 9.79 Å². The van der Waals surface area contributed by atoms with Crippen LogP contribution in [0.15, 0.2) is 82.4 Å². The van der Waals surface area contributed by atoms with E-state index in [1.807, 2.05) is 54.6 Å². The Morgan fingerprint density at radius 3 is 2.56 bits per heavy atom. The molecule has 0 amide bonds. The number of Topliss-reactive ketones (excluding diaryl/α,β-unsaturated/α-hetero) is 1. The third-order valence-electron chi connectivity index (χ3n) is 5.54. The number of carbonyl (C=O) groups is 1. The Morgan fingerprint density at radius 2 is 1.74 bits per heavy atom. The number of anilines is 1. The van der Waals surface area contributed by atoms with Crippen molar-refractivity contribution in [2.75, 3.05) is 5.32 Å². The van der Waals surface area contributed by atoms with Crippen LogP contribution in [0.4, 0.5) is 11.4 Å². The zero-order chi connectivity index (χ0) is 18.2. The standard InChI is InChI=1S/C23H20N2O2/c26-20-14-16(15-7-2-1-3-8-15)13-19-22(20)23(21-11-6-12-27-21)25-18-10-5-4-9-17(18)24-19/h1-12,16,22-23,25H,13-14H2. The molecule has 0 radical (unpaired) electrons. The summed E-state index contributed by atoms with van der Waals surface area (Å²) >= 11 is 0. The SMILES string of the molecule is O=C1CC(c2ccccc2)CC2=Nc3ccccc3NC(c3ccco3)C12. The van der Waals surface area contributed by atoms with Crippen LogP contribution in [-0.2, 0) is 4.79 Å². The van der Waals surface area contributed by atoms with E-state index in [-0.39, 0.29) is 23.7 Å². The van der Waals surface area contributed by atoms with Crippen molar-refractivity contribution in [2.45, 2.75) is 24.8 Å². The molecule has 0 bridgehead atoms. The molecule has 3 aromatic rings. The summed E-state index contributed by atoms with van der Waals surface area (Å²) in [6, 6.07) is 21.8. The van der Waals surface area contributed by atoms with Crippen molar-refractivity contribution in [2.24, 2.45) is 10.9 Å². The van der Waals surface area contributed by atoms with Crippen LogP contribution >= 0.6 is 0 Å². The second-order valence-electron chi connectivity index (χ2n) is 7.22. The molecule has 0 saturated heterocycles. The molecule has 2 heterocycles. The zero-order valence-electron chi connectivity index (χ0n) is 14.8. The van der Waals surface area contributed by atoms with E-state index in [9.17, 15) is 4.79 Å². The second kappa shape index (κ2) is 6.54. The van der Waals surface area contributed by atoms with Crippen LogP contribution < -0.4 is 5.32 Å². The minimum absolute atomic E-state index is 0.177. The van der Waals surface area contributed by atoms with Crippen molar-refractivity contribution in [3.8, 4) is 0 Å². The van der Waals surface area contributed by atoms with Gasteiger partial charge < -0.3 is 9.73 Å². The first kappa shape index (κ1) is 16.1. The average Bonchev–Trinajstić information content (AvgIpc) is 3.17. The topological polar surface area (TPSA) is 54.6 Å². The van der Waals surface area contributed by atoms with Crippen molar-refractivity contribution in [1.82, 2.24) is 0 Å². The number of rotatable bonds is 2. The molecule has 2 aliphatic rings. The van der Waals surface area contributed by atoms with Crippen molar-refractivity contribution in [3.05, 3.63) is 84.3 Å². The molecule has 3 unspecified atom stereocenters. The number of hydrogen-bond acceptors (Lipinski definition) is 4. The average molecular weight is 356 g/mol. The second-order valence-corrected chi connectivity index (χ2v) is 7.22. The highest BCUT2D eigenvalue weighted by molar-refractivity contribution is 6.10. The molecule has 5 rings (SSSR count). The Bertz CT molecular complexity index is 992. The number of aliphatic imine (C=N–C) groups is 1. The number of benzene rings is 2. The van der Waals surface area contributed by atoms with Crippen LogP contribution in [0.25, 0.3) is 0 Å². The number of fused-ring (bicyclic) bond motifs is 2. The van der Waals surface area contributed by atoms with Gasteiger partial charge in [0, 0.05) is 12.1 Å². The van der Waals surface area contributed by atoms with Gasteiger partial charge in [-0.15, -0.1) is 0 Å². The summed E-state index contributed by atoms with van der Waals surface area (Å²) in [5.74, 6) is 0.867. The third kappa shape index (κ3) is 2.87. The van der Waals surface area contributed by atoms with Crippen molar-refractivity contribution in [1.29, 1.82) is 0 Å². The molecule has 0 spiro atoms. The minimum Gasteiger partial charge on any atom is -0.467 e. The van der Waals surface area contributed by atoms with E-state index in [1.54, 1.807) is 6.26 Å². The molecular formula is C23H20N2O2. The van der Waals surface area contributed by atoms with Gasteiger partial charge in [-0.05, 0) is 42.2 Å². The number of nitrogens with zero attached hydrogens (tertiary/aromatic N) is 1. The molecule has 134 valence electrons. The molecule has 1 aromatic heterocycles. The first-order valence-corrected chi connectivity index (χ1v) is 9.33. The summed E-state index contributed by atoms with van der Waals surface area (Å²) in [6.07, 6.45) is 2.97. The Balaban J connectivity index is 1.60. The van der Waals surface area contributed by atoms with Gasteiger partial charge in [0.1, 0.15) is 11.5 Å². The Morgan fingerprint density at radius 1 is 0.926 bits per heavy atom. The molecule has 1 saturated carbocycles. The Hall–Kier alpha value is -3.14. The van der Waals surface area contributed by atoms with Gasteiger partial charge in [0.2, 0.25) is 0 Å². The van der Waals surface area contributed by atoms with E-state index >= 15 is 0 Å². The zero-order valence-corrected chi connectivity index (χ0v) is 14.8. The molecular weight excluding hydrogens is 336 g/mol. The van der Waals surface area contributed by atoms with E-state index in [0.29, 0.717) is 6.42 Å². The molecule has 2 aromatic carbocycles. The van der Waals surface area contributed by atoms with Gasteiger partial charge >= 0.3 is 0 Å². The maximum atomic E-state index is 13.3. The maximum absolute atomic E-state index is 13.3. The maximum Gasteiger partial charge on any atom is 0.144 e. The highest BCUT2D eigenvalue weighted by Crippen LogP contribution is 2.43. The molecule has 1 fully saturated rings. The van der Waals surface area contributed by atoms with Crippen molar-refractivity contribution < 1.29 is 9.21 Å². The summed E-state index contributed by atoms with van der Waals surface area (Å²) in [5.41, 5.74) is 3.96. The number of hydrogen-bond donors (Lipinski definition) is 1. The quantitative estimate of drug-likeness (QED) is 0.679. The Labute approximate surface area is 157 Å². The molecule has 3 atom stereocenters. The van der Waals surface area contributed by atoms with Crippen LogP contribution in [0, 0.1) is 5.92 Å². The summed E-state index contributed by atoms with van der Waals surface area (Å²) in [4.78, 5) is 18.2. The number of nitrogens with one attached hydrogen (secondary N) is 1. The van der Waals surface area contributed by atoms with Crippen LogP contribution in [0.5, 0.6) is 0 Å².